The Kier molecular flexibility index (Phi) is 6.60. The highest BCUT2D eigenvalue weighted by Crippen LogP contribution is 2.47. The van der Waals surface area contributed by atoms with E-state index >= 15 is 0 Å². The van der Waals surface area contributed by atoms with E-state index in [1.165, 1.54) is 0 Å². The molecule has 0 N–H and O–H groups in total. The van der Waals surface area contributed by atoms with E-state index in [4.69, 9.17) is 26.2 Å². The normalized spacial score (nSPS) is 20.4. The molecule has 6 heteroatoms. The van der Waals surface area contributed by atoms with Crippen LogP contribution in [0.25, 0.3) is 6.08 Å². The van der Waals surface area contributed by atoms with Gasteiger partial charge in [0.25, 0.3) is 5.91 Å². The van der Waals surface area contributed by atoms with E-state index in [2.05, 4.69) is 6.08 Å². The Hall–Kier alpha value is -3.57. The predicted octanol–water partition coefficient (Wildman–Crippen LogP) is 6.79. The molecule has 5 nitrogen and oxygen atoms in total. The molecule has 0 aromatic heterocycles. The van der Waals surface area contributed by atoms with Crippen LogP contribution in [0.15, 0.2) is 83.5 Å². The van der Waals surface area contributed by atoms with Crippen LogP contribution in [-0.2, 0) is 0 Å². The molecule has 3 aromatic rings. The monoisotopic (exact) mass is 486 g/mol. The summed E-state index contributed by atoms with van der Waals surface area (Å²) in [5, 5.41) is 7.12. The first-order chi connectivity index (χ1) is 17.1. The van der Waals surface area contributed by atoms with Crippen molar-refractivity contribution in [2.24, 2.45) is 11.0 Å². The van der Waals surface area contributed by atoms with Crippen LogP contribution in [0.5, 0.6) is 11.5 Å². The lowest BCUT2D eigenvalue weighted by molar-refractivity contribution is 0.0678. The number of allylic oxidation sites excluding steroid dienone is 1. The molecule has 5 rings (SSSR count). The number of hydrogen-bond donors (Lipinski definition) is 0. The minimum Gasteiger partial charge on any atom is -0.496 e. The van der Waals surface area contributed by atoms with Crippen molar-refractivity contribution in [1.29, 1.82) is 0 Å². The molecule has 1 aliphatic heterocycles. The molecule has 2 atom stereocenters. The number of amides is 1. The van der Waals surface area contributed by atoms with Crippen LogP contribution in [0.2, 0.25) is 5.02 Å². The second-order valence-corrected chi connectivity index (χ2v) is 9.18. The van der Waals surface area contributed by atoms with Gasteiger partial charge in [0.1, 0.15) is 11.5 Å². The number of rotatable bonds is 5. The van der Waals surface area contributed by atoms with Gasteiger partial charge < -0.3 is 9.47 Å². The third kappa shape index (κ3) is 4.44. The van der Waals surface area contributed by atoms with Crippen molar-refractivity contribution in [2.75, 3.05) is 14.2 Å². The van der Waals surface area contributed by atoms with Crippen LogP contribution in [0, 0.1) is 5.92 Å². The highest BCUT2D eigenvalue weighted by molar-refractivity contribution is 6.31. The number of para-hydroxylation sites is 2. The lowest BCUT2D eigenvalue weighted by Crippen LogP contribution is -2.32. The van der Waals surface area contributed by atoms with Gasteiger partial charge in [-0.2, -0.15) is 5.10 Å². The molecule has 1 saturated carbocycles. The number of hydrazone groups is 1. The van der Waals surface area contributed by atoms with Crippen LogP contribution in [0.3, 0.4) is 0 Å². The van der Waals surface area contributed by atoms with Crippen molar-refractivity contribution in [3.8, 4) is 11.5 Å². The van der Waals surface area contributed by atoms with Gasteiger partial charge in [-0.3, -0.25) is 4.79 Å². The van der Waals surface area contributed by atoms with E-state index in [9.17, 15) is 4.79 Å². The fourth-order valence-corrected chi connectivity index (χ4v) is 5.30. The molecule has 0 unspecified atom stereocenters. The van der Waals surface area contributed by atoms with Gasteiger partial charge in [-0.05, 0) is 61.2 Å². The predicted molar refractivity (Wildman–Crippen MR) is 139 cm³/mol. The van der Waals surface area contributed by atoms with E-state index in [1.54, 1.807) is 43.5 Å². The van der Waals surface area contributed by atoms with Crippen LogP contribution < -0.4 is 9.47 Å². The Morgan fingerprint density at radius 2 is 1.74 bits per heavy atom. The maximum atomic E-state index is 13.8. The maximum absolute atomic E-state index is 13.8. The third-order valence-electron chi connectivity index (χ3n) is 6.71. The summed E-state index contributed by atoms with van der Waals surface area (Å²) in [6.45, 7) is 0. The fraction of sp³-hybridized carbons (Fsp3) is 0.241. The summed E-state index contributed by atoms with van der Waals surface area (Å²) in [6, 6.07) is 22.6. The Morgan fingerprint density at radius 3 is 2.51 bits per heavy atom. The summed E-state index contributed by atoms with van der Waals surface area (Å²) < 4.78 is 11.3. The molecular formula is C29H27ClN2O3. The van der Waals surface area contributed by atoms with Crippen molar-refractivity contribution in [3.05, 3.63) is 100 Å². The molecule has 35 heavy (non-hydrogen) atoms. The molecule has 0 saturated heterocycles. The summed E-state index contributed by atoms with van der Waals surface area (Å²) >= 11 is 6.21. The lowest BCUT2D eigenvalue weighted by Gasteiger charge is -2.30. The summed E-state index contributed by atoms with van der Waals surface area (Å²) in [6.07, 6.45) is 4.99. The Morgan fingerprint density at radius 1 is 1.00 bits per heavy atom. The van der Waals surface area contributed by atoms with Crippen LogP contribution >= 0.6 is 11.6 Å². The summed E-state index contributed by atoms with van der Waals surface area (Å²) in [7, 11) is 3.34. The average molecular weight is 487 g/mol. The molecule has 178 valence electrons. The Balaban J connectivity index is 1.62. The van der Waals surface area contributed by atoms with Gasteiger partial charge in [0.2, 0.25) is 0 Å². The summed E-state index contributed by atoms with van der Waals surface area (Å²) in [5.74, 6) is 1.44. The van der Waals surface area contributed by atoms with Crippen LogP contribution in [0.1, 0.15) is 46.8 Å². The second kappa shape index (κ2) is 9.96. The Labute approximate surface area is 210 Å². The first kappa shape index (κ1) is 23.2. The first-order valence-corrected chi connectivity index (χ1v) is 12.1. The maximum Gasteiger partial charge on any atom is 0.274 e. The number of nitrogens with zero attached hydrogens (tertiary/aromatic N) is 2. The minimum absolute atomic E-state index is 0.0594. The number of hydrogen-bond acceptors (Lipinski definition) is 4. The number of fused-ring (bicyclic) bond motifs is 1. The van der Waals surface area contributed by atoms with Crippen molar-refractivity contribution >= 4 is 29.3 Å². The van der Waals surface area contributed by atoms with Gasteiger partial charge >= 0.3 is 0 Å². The molecule has 1 aliphatic carbocycles. The van der Waals surface area contributed by atoms with Gasteiger partial charge in [-0.15, -0.1) is 0 Å². The molecule has 1 fully saturated rings. The Bertz CT molecular complexity index is 1320. The SMILES string of the molecule is COc1ccccc1/C=C1\CCC[C@@H]2C1=NN(C(=O)c1cccc(Cl)c1)[C@H]2c1ccccc1OC. The quantitative estimate of drug-likeness (QED) is 0.398. The first-order valence-electron chi connectivity index (χ1n) is 11.7. The standard InChI is InChI=1S/C29H27ClN2O3/c1-34-25-15-5-3-9-19(25)17-20-10-8-14-24-27(20)31-32(29(33)21-11-7-12-22(30)18-21)28(24)23-13-4-6-16-26(23)35-2/h3-7,9,11-13,15-18,24,28H,8,10,14H2,1-2H3/b20-17+/t24-,28+/m1/s1. The number of halogens is 1. The number of ether oxygens (including phenoxy) is 2. The molecule has 2 aliphatic rings. The summed E-state index contributed by atoms with van der Waals surface area (Å²) in [4.78, 5) is 13.8. The van der Waals surface area contributed by atoms with E-state index in [-0.39, 0.29) is 17.9 Å². The van der Waals surface area contributed by atoms with E-state index in [0.29, 0.717) is 10.6 Å². The van der Waals surface area contributed by atoms with Crippen molar-refractivity contribution < 1.29 is 14.3 Å². The third-order valence-corrected chi connectivity index (χ3v) is 6.94. The fourth-order valence-electron chi connectivity index (χ4n) is 5.11. The molecule has 3 aromatic carbocycles. The average Bonchev–Trinajstić information content (AvgIpc) is 3.29. The van der Waals surface area contributed by atoms with Crippen LogP contribution in [-0.4, -0.2) is 30.8 Å². The lowest BCUT2D eigenvalue weighted by atomic mass is 9.77. The molecule has 1 amide bonds. The summed E-state index contributed by atoms with van der Waals surface area (Å²) in [5.41, 5.74) is 4.55. The molecule has 0 radical (unpaired) electrons. The molecule has 0 spiro atoms. The highest BCUT2D eigenvalue weighted by Gasteiger charge is 2.45. The van der Waals surface area contributed by atoms with Crippen molar-refractivity contribution in [3.63, 3.8) is 0 Å². The van der Waals surface area contributed by atoms with Gasteiger partial charge in [-0.1, -0.05) is 54.1 Å². The van der Waals surface area contributed by atoms with E-state index in [0.717, 1.165) is 53.2 Å². The van der Waals surface area contributed by atoms with Gasteiger partial charge in [-0.25, -0.2) is 5.01 Å². The zero-order valence-electron chi connectivity index (χ0n) is 19.8. The molecular weight excluding hydrogens is 460 g/mol. The highest BCUT2D eigenvalue weighted by atomic mass is 35.5. The van der Waals surface area contributed by atoms with Gasteiger partial charge in [0.05, 0.1) is 26.0 Å². The molecule has 1 heterocycles. The largest absolute Gasteiger partial charge is 0.496 e. The van der Waals surface area contributed by atoms with E-state index < -0.39 is 0 Å². The second-order valence-electron chi connectivity index (χ2n) is 8.74. The van der Waals surface area contributed by atoms with Gasteiger partial charge in [0.15, 0.2) is 0 Å². The number of carbonyl (C=O) groups is 1. The zero-order chi connectivity index (χ0) is 24.4. The topological polar surface area (TPSA) is 51.1 Å². The van der Waals surface area contributed by atoms with Crippen molar-refractivity contribution in [2.45, 2.75) is 25.3 Å². The number of methoxy groups -OCH3 is 2. The van der Waals surface area contributed by atoms with Gasteiger partial charge in [0, 0.05) is 27.6 Å². The smallest absolute Gasteiger partial charge is 0.274 e. The minimum atomic E-state index is -0.269. The molecule has 0 bridgehead atoms. The van der Waals surface area contributed by atoms with Crippen molar-refractivity contribution in [1.82, 2.24) is 5.01 Å². The number of benzene rings is 3. The van der Waals surface area contributed by atoms with Crippen LogP contribution in [0.4, 0.5) is 0 Å². The number of carbonyl (C=O) groups excluding carboxylic acids is 1. The zero-order valence-corrected chi connectivity index (χ0v) is 20.5. The van der Waals surface area contributed by atoms with E-state index in [1.807, 2.05) is 48.5 Å².